The third-order valence-corrected chi connectivity index (χ3v) is 3.11. The number of rotatable bonds is 4. The highest BCUT2D eigenvalue weighted by Crippen LogP contribution is 2.11. The molecule has 0 atom stereocenters. The van der Waals surface area contributed by atoms with Gasteiger partial charge in [-0.3, -0.25) is 4.90 Å². The van der Waals surface area contributed by atoms with Gasteiger partial charge in [0.1, 0.15) is 6.07 Å². The Balaban J connectivity index is 1.91. The van der Waals surface area contributed by atoms with E-state index in [2.05, 4.69) is 26.3 Å². The molecule has 0 saturated carbocycles. The molecule has 0 bridgehead atoms. The molecule has 1 aliphatic rings. The molecule has 0 unspecified atom stereocenters. The van der Waals surface area contributed by atoms with Crippen LogP contribution in [0.25, 0.3) is 0 Å². The molecule has 96 valence electrons. The van der Waals surface area contributed by atoms with Gasteiger partial charge in [0.05, 0.1) is 0 Å². The summed E-state index contributed by atoms with van der Waals surface area (Å²) in [5.41, 5.74) is 0.389. The Kier molecular flexibility index (Phi) is 4.45. The Morgan fingerprint density at radius 1 is 1.39 bits per heavy atom. The molecule has 0 aromatic carbocycles. The fourth-order valence-electron chi connectivity index (χ4n) is 2.02. The molecule has 1 fully saturated rings. The van der Waals surface area contributed by atoms with E-state index in [4.69, 9.17) is 5.26 Å². The second-order valence-corrected chi connectivity index (χ2v) is 4.35. The van der Waals surface area contributed by atoms with E-state index in [9.17, 15) is 0 Å². The maximum absolute atomic E-state index is 8.99. The van der Waals surface area contributed by atoms with Crippen LogP contribution < -0.4 is 10.2 Å². The van der Waals surface area contributed by atoms with E-state index in [0.717, 1.165) is 39.3 Å². The summed E-state index contributed by atoms with van der Waals surface area (Å²) in [7, 11) is 1.95. The first-order valence-corrected chi connectivity index (χ1v) is 6.16. The van der Waals surface area contributed by atoms with Crippen molar-refractivity contribution in [1.82, 2.24) is 20.2 Å². The molecule has 0 amide bonds. The third-order valence-electron chi connectivity index (χ3n) is 3.11. The maximum Gasteiger partial charge on any atom is 0.183 e. The summed E-state index contributed by atoms with van der Waals surface area (Å²) in [6.07, 6.45) is 3.17. The van der Waals surface area contributed by atoms with Crippen molar-refractivity contribution < 1.29 is 0 Å². The predicted molar refractivity (Wildman–Crippen MR) is 69.3 cm³/mol. The van der Waals surface area contributed by atoms with Gasteiger partial charge in [0.2, 0.25) is 0 Å². The van der Waals surface area contributed by atoms with Gasteiger partial charge in [-0.2, -0.15) is 5.26 Å². The van der Waals surface area contributed by atoms with Crippen molar-refractivity contribution in [1.29, 1.82) is 5.26 Å². The number of piperazine rings is 1. The van der Waals surface area contributed by atoms with Crippen LogP contribution in [0.5, 0.6) is 0 Å². The van der Waals surface area contributed by atoms with Gasteiger partial charge >= 0.3 is 0 Å². The topological polar surface area (TPSA) is 68.1 Å². The molecule has 6 heteroatoms. The summed E-state index contributed by atoms with van der Waals surface area (Å²) in [6.45, 7) is 6.11. The summed E-state index contributed by atoms with van der Waals surface area (Å²) in [5, 5.41) is 12.3. The average Bonchev–Trinajstić information content (AvgIpc) is 2.45. The Labute approximate surface area is 107 Å². The molecule has 6 nitrogen and oxygen atoms in total. The fourth-order valence-corrected chi connectivity index (χ4v) is 2.02. The number of nitrogens with zero attached hydrogens (tertiary/aromatic N) is 5. The predicted octanol–water partition coefficient (Wildman–Crippen LogP) is -0.310. The highest BCUT2D eigenvalue weighted by Gasteiger charge is 2.13. The number of hydrogen-bond donors (Lipinski definition) is 1. The minimum atomic E-state index is 0.389. The van der Waals surface area contributed by atoms with Crippen LogP contribution in [-0.4, -0.2) is 61.2 Å². The van der Waals surface area contributed by atoms with Crippen molar-refractivity contribution in [3.05, 3.63) is 18.1 Å². The molecule has 18 heavy (non-hydrogen) atoms. The zero-order valence-electron chi connectivity index (χ0n) is 10.6. The zero-order chi connectivity index (χ0) is 12.8. The van der Waals surface area contributed by atoms with Crippen LogP contribution in [0.1, 0.15) is 5.69 Å². The second kappa shape index (κ2) is 6.28. The third kappa shape index (κ3) is 3.15. The van der Waals surface area contributed by atoms with Crippen LogP contribution >= 0.6 is 0 Å². The van der Waals surface area contributed by atoms with Crippen molar-refractivity contribution in [3.63, 3.8) is 0 Å². The normalized spacial score (nSPS) is 16.2. The lowest BCUT2D eigenvalue weighted by molar-refractivity contribution is 0.246. The summed E-state index contributed by atoms with van der Waals surface area (Å²) in [6, 6.07) is 2.08. The van der Waals surface area contributed by atoms with Gasteiger partial charge in [-0.05, 0) is 0 Å². The summed E-state index contributed by atoms with van der Waals surface area (Å²) in [5.74, 6) is 0.662. The Hall–Kier alpha value is -1.71. The van der Waals surface area contributed by atoms with E-state index >= 15 is 0 Å². The van der Waals surface area contributed by atoms with E-state index < -0.39 is 0 Å². The maximum atomic E-state index is 8.99. The van der Waals surface area contributed by atoms with Crippen LogP contribution in [0, 0.1) is 11.3 Å². The van der Waals surface area contributed by atoms with Crippen LogP contribution in [-0.2, 0) is 0 Å². The quantitative estimate of drug-likeness (QED) is 0.786. The molecule has 0 aliphatic carbocycles. The molecular formula is C12H18N6. The van der Waals surface area contributed by atoms with Crippen molar-refractivity contribution >= 4 is 5.82 Å². The smallest absolute Gasteiger partial charge is 0.183 e. The first kappa shape index (κ1) is 12.7. The largest absolute Gasteiger partial charge is 0.356 e. The first-order chi connectivity index (χ1) is 8.81. The monoisotopic (exact) mass is 246 g/mol. The average molecular weight is 246 g/mol. The van der Waals surface area contributed by atoms with Gasteiger partial charge in [0, 0.05) is 58.7 Å². The number of aromatic nitrogens is 2. The molecule has 0 radical (unpaired) electrons. The standard InChI is InChI=1S/C12H18N6/c1-17(8-9-18-6-4-14-5-7-18)12-11(10-13)15-2-3-16-12/h2-3,14H,4-9H2,1H3. The summed E-state index contributed by atoms with van der Waals surface area (Å²) >= 11 is 0. The Morgan fingerprint density at radius 2 is 2.11 bits per heavy atom. The van der Waals surface area contributed by atoms with Crippen molar-refractivity contribution in [2.45, 2.75) is 0 Å². The SMILES string of the molecule is CN(CCN1CCNCC1)c1nccnc1C#N. The lowest BCUT2D eigenvalue weighted by Gasteiger charge is -2.29. The van der Waals surface area contributed by atoms with Crippen LogP contribution in [0.4, 0.5) is 5.82 Å². The van der Waals surface area contributed by atoms with Gasteiger partial charge in [-0.15, -0.1) is 0 Å². The van der Waals surface area contributed by atoms with Crippen LogP contribution in [0.2, 0.25) is 0 Å². The number of hydrogen-bond acceptors (Lipinski definition) is 6. The zero-order valence-corrected chi connectivity index (χ0v) is 10.6. The molecule has 1 aromatic rings. The minimum absolute atomic E-state index is 0.389. The fraction of sp³-hybridized carbons (Fsp3) is 0.583. The van der Waals surface area contributed by atoms with E-state index in [-0.39, 0.29) is 0 Å². The highest BCUT2D eigenvalue weighted by atomic mass is 15.2. The first-order valence-electron chi connectivity index (χ1n) is 6.16. The second-order valence-electron chi connectivity index (χ2n) is 4.35. The number of nitriles is 1. The van der Waals surface area contributed by atoms with Crippen molar-refractivity contribution in [3.8, 4) is 6.07 Å². The number of likely N-dealkylation sites (N-methyl/N-ethyl adjacent to an activating group) is 1. The number of anilines is 1. The molecule has 2 heterocycles. The molecule has 1 saturated heterocycles. The van der Waals surface area contributed by atoms with Crippen molar-refractivity contribution in [2.24, 2.45) is 0 Å². The highest BCUT2D eigenvalue weighted by molar-refractivity contribution is 5.48. The van der Waals surface area contributed by atoms with Crippen molar-refractivity contribution in [2.75, 3.05) is 51.2 Å². The van der Waals surface area contributed by atoms with E-state index in [1.807, 2.05) is 11.9 Å². The molecule has 0 spiro atoms. The molecule has 1 aliphatic heterocycles. The lowest BCUT2D eigenvalue weighted by atomic mass is 10.3. The van der Waals surface area contributed by atoms with Gasteiger partial charge < -0.3 is 10.2 Å². The van der Waals surface area contributed by atoms with E-state index in [0.29, 0.717) is 11.5 Å². The summed E-state index contributed by atoms with van der Waals surface area (Å²) in [4.78, 5) is 12.7. The van der Waals surface area contributed by atoms with Gasteiger partial charge in [0.25, 0.3) is 0 Å². The molecule has 1 aromatic heterocycles. The van der Waals surface area contributed by atoms with Gasteiger partial charge in [-0.25, -0.2) is 9.97 Å². The summed E-state index contributed by atoms with van der Waals surface area (Å²) < 4.78 is 0. The molecule has 1 N–H and O–H groups in total. The molecular weight excluding hydrogens is 228 g/mol. The Bertz CT molecular complexity index is 421. The van der Waals surface area contributed by atoms with E-state index in [1.165, 1.54) is 0 Å². The minimum Gasteiger partial charge on any atom is -0.356 e. The van der Waals surface area contributed by atoms with Crippen LogP contribution in [0.3, 0.4) is 0 Å². The Morgan fingerprint density at radius 3 is 2.83 bits per heavy atom. The van der Waals surface area contributed by atoms with E-state index in [1.54, 1.807) is 12.4 Å². The van der Waals surface area contributed by atoms with Crippen LogP contribution in [0.15, 0.2) is 12.4 Å². The van der Waals surface area contributed by atoms with Gasteiger partial charge in [-0.1, -0.05) is 0 Å². The van der Waals surface area contributed by atoms with Gasteiger partial charge in [0.15, 0.2) is 11.5 Å². The lowest BCUT2D eigenvalue weighted by Crippen LogP contribution is -2.46. The number of nitrogens with one attached hydrogen (secondary N) is 1. The molecule has 2 rings (SSSR count).